The second-order valence-electron chi connectivity index (χ2n) is 6.16. The van der Waals surface area contributed by atoms with E-state index in [-0.39, 0.29) is 0 Å². The Morgan fingerprint density at radius 1 is 0.643 bits per heavy atom. The molecule has 0 spiro atoms. The van der Waals surface area contributed by atoms with Gasteiger partial charge in [-0.3, -0.25) is 0 Å². The van der Waals surface area contributed by atoms with Crippen LogP contribution < -0.4 is 18.9 Å². The van der Waals surface area contributed by atoms with Gasteiger partial charge in [-0.05, 0) is 41.0 Å². The molecule has 0 aromatic heterocycles. The largest absolute Gasteiger partial charge is 0.497 e. The van der Waals surface area contributed by atoms with Gasteiger partial charge in [-0.25, -0.2) is 0 Å². The lowest BCUT2D eigenvalue weighted by Gasteiger charge is -2.11. The Hall–Kier alpha value is -3.40. The summed E-state index contributed by atoms with van der Waals surface area (Å²) in [4.78, 5) is 0. The van der Waals surface area contributed by atoms with E-state index in [1.807, 2.05) is 78.9 Å². The van der Waals surface area contributed by atoms with E-state index < -0.39 is 0 Å². The summed E-state index contributed by atoms with van der Waals surface area (Å²) < 4.78 is 22.1. The van der Waals surface area contributed by atoms with Crippen LogP contribution in [-0.2, 0) is 6.61 Å². The molecule has 0 unspecified atom stereocenters. The molecule has 0 radical (unpaired) electrons. The highest BCUT2D eigenvalue weighted by atomic mass is 16.5. The van der Waals surface area contributed by atoms with Crippen LogP contribution in [0, 0.1) is 0 Å². The van der Waals surface area contributed by atoms with Crippen molar-refractivity contribution < 1.29 is 18.9 Å². The lowest BCUT2D eigenvalue weighted by molar-refractivity contribution is 0.284. The summed E-state index contributed by atoms with van der Waals surface area (Å²) in [7, 11) is 4.92. The minimum absolute atomic E-state index is 0.484. The summed E-state index contributed by atoms with van der Waals surface area (Å²) in [6, 6.07) is 21.7. The second kappa shape index (κ2) is 9.51. The van der Waals surface area contributed by atoms with Crippen LogP contribution in [0.2, 0.25) is 0 Å². The molecule has 4 heteroatoms. The minimum atomic E-state index is 0.484. The van der Waals surface area contributed by atoms with Crippen LogP contribution in [0.3, 0.4) is 0 Å². The summed E-state index contributed by atoms with van der Waals surface area (Å²) in [6.07, 6.45) is 4.02. The van der Waals surface area contributed by atoms with Gasteiger partial charge in [0, 0.05) is 6.07 Å². The van der Waals surface area contributed by atoms with Gasteiger partial charge in [0.2, 0.25) is 0 Å². The first-order chi connectivity index (χ1) is 13.7. The molecular formula is C24H24O4. The zero-order chi connectivity index (χ0) is 19.8. The van der Waals surface area contributed by atoms with Crippen molar-refractivity contribution in [2.45, 2.75) is 6.61 Å². The van der Waals surface area contributed by atoms with E-state index in [2.05, 4.69) is 0 Å². The molecule has 0 saturated carbocycles. The number of hydrogen-bond acceptors (Lipinski definition) is 4. The van der Waals surface area contributed by atoms with Crippen LogP contribution in [0.4, 0.5) is 0 Å². The first-order valence-corrected chi connectivity index (χ1v) is 8.97. The van der Waals surface area contributed by atoms with Crippen molar-refractivity contribution in [1.29, 1.82) is 0 Å². The Morgan fingerprint density at radius 2 is 1.32 bits per heavy atom. The van der Waals surface area contributed by atoms with Crippen LogP contribution in [0.5, 0.6) is 23.0 Å². The summed E-state index contributed by atoms with van der Waals surface area (Å²) in [6.45, 7) is 0.484. The molecule has 0 bridgehead atoms. The smallest absolute Gasteiger partial charge is 0.162 e. The highest BCUT2D eigenvalue weighted by Gasteiger charge is 2.06. The first kappa shape index (κ1) is 19.4. The van der Waals surface area contributed by atoms with Crippen molar-refractivity contribution in [3.63, 3.8) is 0 Å². The summed E-state index contributed by atoms with van der Waals surface area (Å²) in [5.74, 6) is 2.91. The third-order valence-corrected chi connectivity index (χ3v) is 4.27. The molecule has 144 valence electrons. The Labute approximate surface area is 165 Å². The standard InChI is InChI=1S/C24H24O4/c1-25-21-13-20(14-22(16-21)26-2)10-9-18-11-12-23(27-3)24(15-18)28-17-19-7-5-4-6-8-19/h4-16H,17H2,1-3H3. The molecule has 0 atom stereocenters. The Balaban J connectivity index is 1.80. The fourth-order valence-electron chi connectivity index (χ4n) is 2.76. The van der Waals surface area contributed by atoms with Crippen LogP contribution in [0.15, 0.2) is 66.7 Å². The van der Waals surface area contributed by atoms with Crippen LogP contribution in [0.25, 0.3) is 12.2 Å². The molecule has 28 heavy (non-hydrogen) atoms. The summed E-state index contributed by atoms with van der Waals surface area (Å²) in [5.41, 5.74) is 3.10. The number of rotatable bonds is 8. The average Bonchev–Trinajstić information content (AvgIpc) is 2.76. The van der Waals surface area contributed by atoms with E-state index in [1.165, 1.54) is 0 Å². The predicted molar refractivity (Wildman–Crippen MR) is 112 cm³/mol. The highest BCUT2D eigenvalue weighted by molar-refractivity contribution is 5.72. The molecule has 0 fully saturated rings. The van der Waals surface area contributed by atoms with Gasteiger partial charge in [0.25, 0.3) is 0 Å². The van der Waals surface area contributed by atoms with Crippen LogP contribution in [-0.4, -0.2) is 21.3 Å². The number of ether oxygens (including phenoxy) is 4. The maximum Gasteiger partial charge on any atom is 0.162 e. The second-order valence-corrected chi connectivity index (χ2v) is 6.16. The molecule has 0 N–H and O–H groups in total. The fourth-order valence-corrected chi connectivity index (χ4v) is 2.76. The lowest BCUT2D eigenvalue weighted by atomic mass is 10.1. The molecule has 0 aliphatic carbocycles. The highest BCUT2D eigenvalue weighted by Crippen LogP contribution is 2.30. The molecule has 3 aromatic rings. The van der Waals surface area contributed by atoms with Gasteiger partial charge in [-0.2, -0.15) is 0 Å². The molecule has 0 aliphatic heterocycles. The van der Waals surface area contributed by atoms with Gasteiger partial charge < -0.3 is 18.9 Å². The van der Waals surface area contributed by atoms with Crippen LogP contribution >= 0.6 is 0 Å². The third kappa shape index (κ3) is 5.07. The van der Waals surface area contributed by atoms with Crippen molar-refractivity contribution in [2.24, 2.45) is 0 Å². The molecule has 0 heterocycles. The number of methoxy groups -OCH3 is 3. The monoisotopic (exact) mass is 376 g/mol. The van der Waals surface area contributed by atoms with E-state index in [0.29, 0.717) is 18.1 Å². The van der Waals surface area contributed by atoms with Gasteiger partial charge in [0.05, 0.1) is 21.3 Å². The van der Waals surface area contributed by atoms with Crippen molar-refractivity contribution in [3.05, 3.63) is 83.4 Å². The minimum Gasteiger partial charge on any atom is -0.497 e. The quantitative estimate of drug-likeness (QED) is 0.489. The lowest BCUT2D eigenvalue weighted by Crippen LogP contribution is -1.97. The molecule has 3 rings (SSSR count). The average molecular weight is 376 g/mol. The Bertz CT molecular complexity index is 910. The third-order valence-electron chi connectivity index (χ3n) is 4.27. The van der Waals surface area contributed by atoms with Gasteiger partial charge in [0.1, 0.15) is 18.1 Å². The normalized spacial score (nSPS) is 10.7. The SMILES string of the molecule is COc1cc(C=Cc2ccc(OC)c(OCc3ccccc3)c2)cc(OC)c1. The topological polar surface area (TPSA) is 36.9 Å². The summed E-state index contributed by atoms with van der Waals surface area (Å²) >= 11 is 0. The van der Waals surface area contributed by atoms with Crippen LogP contribution in [0.1, 0.15) is 16.7 Å². The van der Waals surface area contributed by atoms with E-state index in [9.17, 15) is 0 Å². The first-order valence-electron chi connectivity index (χ1n) is 8.97. The van der Waals surface area contributed by atoms with E-state index in [0.717, 1.165) is 28.2 Å². The Morgan fingerprint density at radius 3 is 1.96 bits per heavy atom. The predicted octanol–water partition coefficient (Wildman–Crippen LogP) is 5.46. The molecule has 4 nitrogen and oxygen atoms in total. The molecule has 0 amide bonds. The maximum atomic E-state index is 5.98. The zero-order valence-corrected chi connectivity index (χ0v) is 16.3. The van der Waals surface area contributed by atoms with Gasteiger partial charge >= 0.3 is 0 Å². The molecule has 3 aromatic carbocycles. The van der Waals surface area contributed by atoms with Crippen molar-refractivity contribution in [3.8, 4) is 23.0 Å². The van der Waals surface area contributed by atoms with Gasteiger partial charge in [0.15, 0.2) is 11.5 Å². The van der Waals surface area contributed by atoms with E-state index in [1.54, 1.807) is 21.3 Å². The van der Waals surface area contributed by atoms with Gasteiger partial charge in [-0.15, -0.1) is 0 Å². The Kier molecular flexibility index (Phi) is 6.58. The van der Waals surface area contributed by atoms with Gasteiger partial charge in [-0.1, -0.05) is 48.6 Å². The number of benzene rings is 3. The van der Waals surface area contributed by atoms with E-state index >= 15 is 0 Å². The molecule has 0 aliphatic rings. The van der Waals surface area contributed by atoms with E-state index in [4.69, 9.17) is 18.9 Å². The molecule has 0 saturated heterocycles. The maximum absolute atomic E-state index is 5.98. The summed E-state index contributed by atoms with van der Waals surface area (Å²) in [5, 5.41) is 0. The number of hydrogen-bond donors (Lipinski definition) is 0. The zero-order valence-electron chi connectivity index (χ0n) is 16.3. The molecular weight excluding hydrogens is 352 g/mol. The van der Waals surface area contributed by atoms with Crippen molar-refractivity contribution in [2.75, 3.05) is 21.3 Å². The van der Waals surface area contributed by atoms with Crippen molar-refractivity contribution in [1.82, 2.24) is 0 Å². The fraction of sp³-hybridized carbons (Fsp3) is 0.167. The van der Waals surface area contributed by atoms with Crippen molar-refractivity contribution >= 4 is 12.2 Å².